The Morgan fingerprint density at radius 2 is 2.00 bits per heavy atom. The highest BCUT2D eigenvalue weighted by molar-refractivity contribution is 5.86. The molecule has 1 saturated carbocycles. The molecule has 0 N–H and O–H groups in total. The number of carbonyl (C=O) groups excluding carboxylic acids is 1. The van der Waals surface area contributed by atoms with Gasteiger partial charge in [-0.25, -0.2) is 0 Å². The molecule has 2 rings (SSSR count). The fraction of sp³-hybridized carbons (Fsp3) is 0.417. The molecule has 0 bridgehead atoms. The van der Waals surface area contributed by atoms with Gasteiger partial charge in [-0.2, -0.15) is 0 Å². The maximum Gasteiger partial charge on any atom is 0.136 e. The first-order valence-electron chi connectivity index (χ1n) is 4.70. The predicted octanol–water partition coefficient (Wildman–Crippen LogP) is 2.77. The van der Waals surface area contributed by atoms with Crippen LogP contribution in [0.3, 0.4) is 0 Å². The first kappa shape index (κ1) is 8.49. The highest BCUT2D eigenvalue weighted by Gasteiger charge is 2.54. The van der Waals surface area contributed by atoms with Crippen LogP contribution in [0, 0.1) is 5.41 Å². The first-order valence-corrected chi connectivity index (χ1v) is 4.70. The van der Waals surface area contributed by atoms with Crippen molar-refractivity contribution in [2.75, 3.05) is 0 Å². The van der Waals surface area contributed by atoms with Crippen LogP contribution in [0.1, 0.15) is 31.7 Å². The molecule has 1 aliphatic rings. The topological polar surface area (TPSA) is 17.1 Å². The fourth-order valence-electron chi connectivity index (χ4n) is 1.93. The molecular weight excluding hydrogens is 160 g/mol. The zero-order chi connectivity index (χ0) is 9.47. The number of carbonyl (C=O) groups is 1. The van der Waals surface area contributed by atoms with Crippen molar-refractivity contribution < 1.29 is 4.79 Å². The molecule has 0 radical (unpaired) electrons. The van der Waals surface area contributed by atoms with Gasteiger partial charge in [0.25, 0.3) is 0 Å². The number of hydrogen-bond acceptors (Lipinski definition) is 1. The van der Waals surface area contributed by atoms with Crippen molar-refractivity contribution in [3.05, 3.63) is 35.9 Å². The molecule has 1 aliphatic carbocycles. The van der Waals surface area contributed by atoms with E-state index in [0.29, 0.717) is 11.7 Å². The molecule has 0 unspecified atom stereocenters. The van der Waals surface area contributed by atoms with Gasteiger partial charge < -0.3 is 0 Å². The molecule has 1 heteroatoms. The van der Waals surface area contributed by atoms with Crippen LogP contribution in [0.4, 0.5) is 0 Å². The first-order chi connectivity index (χ1) is 6.14. The minimum Gasteiger partial charge on any atom is -0.299 e. The molecule has 2 atom stereocenters. The van der Waals surface area contributed by atoms with Crippen LogP contribution in [0.25, 0.3) is 0 Å². The molecule has 1 aromatic carbocycles. The minimum absolute atomic E-state index is 0.0681. The van der Waals surface area contributed by atoms with Gasteiger partial charge in [-0.05, 0) is 24.8 Å². The van der Waals surface area contributed by atoms with E-state index in [0.717, 1.165) is 6.42 Å². The molecule has 0 aliphatic heterocycles. The van der Waals surface area contributed by atoms with Gasteiger partial charge >= 0.3 is 0 Å². The molecule has 13 heavy (non-hydrogen) atoms. The van der Waals surface area contributed by atoms with Gasteiger partial charge in [0.2, 0.25) is 0 Å². The minimum atomic E-state index is -0.0681. The van der Waals surface area contributed by atoms with Gasteiger partial charge in [0.15, 0.2) is 0 Å². The second kappa shape index (κ2) is 2.69. The molecule has 1 aromatic rings. The molecule has 0 spiro atoms. The fourth-order valence-corrected chi connectivity index (χ4v) is 1.93. The molecular formula is C12H14O. The van der Waals surface area contributed by atoms with Crippen molar-refractivity contribution >= 4 is 5.78 Å². The molecule has 0 heterocycles. The van der Waals surface area contributed by atoms with Gasteiger partial charge in [-0.1, -0.05) is 37.3 Å². The molecule has 0 aromatic heterocycles. The average molecular weight is 174 g/mol. The summed E-state index contributed by atoms with van der Waals surface area (Å²) in [6, 6.07) is 10.3. The lowest BCUT2D eigenvalue weighted by atomic mass is 9.98. The quantitative estimate of drug-likeness (QED) is 0.673. The van der Waals surface area contributed by atoms with Crippen molar-refractivity contribution in [3.63, 3.8) is 0 Å². The summed E-state index contributed by atoms with van der Waals surface area (Å²) in [6.45, 7) is 3.76. The zero-order valence-electron chi connectivity index (χ0n) is 8.08. The Balaban J connectivity index is 2.21. The number of hydrogen-bond donors (Lipinski definition) is 0. The number of Topliss-reactive ketones (excluding diaryl/α,β-unsaturated/α-hetero) is 1. The molecule has 1 fully saturated rings. The van der Waals surface area contributed by atoms with E-state index in [2.05, 4.69) is 19.1 Å². The normalized spacial score (nSPS) is 31.4. The zero-order valence-corrected chi connectivity index (χ0v) is 8.08. The van der Waals surface area contributed by atoms with Crippen molar-refractivity contribution in [1.82, 2.24) is 0 Å². The summed E-state index contributed by atoms with van der Waals surface area (Å²) >= 11 is 0. The highest BCUT2D eigenvalue weighted by Crippen LogP contribution is 2.59. The summed E-state index contributed by atoms with van der Waals surface area (Å²) in [5.74, 6) is 0.785. The summed E-state index contributed by atoms with van der Waals surface area (Å²) in [6.07, 6.45) is 1.02. The van der Waals surface area contributed by atoms with Crippen LogP contribution < -0.4 is 0 Å². The predicted molar refractivity (Wildman–Crippen MR) is 52.6 cm³/mol. The lowest BCUT2D eigenvalue weighted by Crippen LogP contribution is -2.08. The van der Waals surface area contributed by atoms with Crippen LogP contribution in [0.5, 0.6) is 0 Å². The average Bonchev–Trinajstić information content (AvgIpc) is 2.81. The van der Waals surface area contributed by atoms with E-state index >= 15 is 0 Å². The van der Waals surface area contributed by atoms with E-state index in [1.807, 2.05) is 18.2 Å². The van der Waals surface area contributed by atoms with E-state index in [1.54, 1.807) is 6.92 Å². The van der Waals surface area contributed by atoms with Gasteiger partial charge in [0.05, 0.1) is 0 Å². The standard InChI is InChI=1S/C12H14O/c1-9(13)12(2)8-11(12)10-6-4-3-5-7-10/h3-7,11H,8H2,1-2H3/t11-,12-/m0/s1. The maximum absolute atomic E-state index is 11.3. The van der Waals surface area contributed by atoms with Crippen molar-refractivity contribution in [3.8, 4) is 0 Å². The van der Waals surface area contributed by atoms with Crippen molar-refractivity contribution in [1.29, 1.82) is 0 Å². The summed E-state index contributed by atoms with van der Waals surface area (Å²) in [4.78, 5) is 11.3. The SMILES string of the molecule is CC(=O)[C@]1(C)C[C@H]1c1ccccc1. The van der Waals surface area contributed by atoms with Gasteiger partial charge in [0, 0.05) is 5.41 Å². The molecule has 1 nitrogen and oxygen atoms in total. The molecule has 68 valence electrons. The number of ketones is 1. The Labute approximate surface area is 78.8 Å². The Bertz CT molecular complexity index is 328. The van der Waals surface area contributed by atoms with E-state index in [4.69, 9.17) is 0 Å². The summed E-state index contributed by atoms with van der Waals surface area (Å²) in [5.41, 5.74) is 1.24. The Kier molecular flexibility index (Phi) is 1.76. The van der Waals surface area contributed by atoms with Crippen molar-refractivity contribution in [2.45, 2.75) is 26.2 Å². The summed E-state index contributed by atoms with van der Waals surface area (Å²) in [7, 11) is 0. The third kappa shape index (κ3) is 1.28. The second-order valence-electron chi connectivity index (χ2n) is 4.14. The van der Waals surface area contributed by atoms with Crippen LogP contribution in [-0.2, 0) is 4.79 Å². The molecule has 0 saturated heterocycles. The van der Waals surface area contributed by atoms with Crippen LogP contribution in [0.15, 0.2) is 30.3 Å². The lowest BCUT2D eigenvalue weighted by Gasteiger charge is -2.05. The third-order valence-corrected chi connectivity index (χ3v) is 3.24. The van der Waals surface area contributed by atoms with Crippen molar-refractivity contribution in [2.24, 2.45) is 5.41 Å². The Hall–Kier alpha value is -1.11. The van der Waals surface area contributed by atoms with E-state index in [9.17, 15) is 4.79 Å². The Morgan fingerprint density at radius 1 is 1.38 bits per heavy atom. The third-order valence-electron chi connectivity index (χ3n) is 3.24. The monoisotopic (exact) mass is 174 g/mol. The smallest absolute Gasteiger partial charge is 0.136 e. The van der Waals surface area contributed by atoms with Crippen LogP contribution in [-0.4, -0.2) is 5.78 Å². The second-order valence-corrected chi connectivity index (χ2v) is 4.14. The maximum atomic E-state index is 11.3. The number of benzene rings is 1. The van der Waals surface area contributed by atoms with E-state index < -0.39 is 0 Å². The van der Waals surface area contributed by atoms with Gasteiger partial charge in [-0.15, -0.1) is 0 Å². The van der Waals surface area contributed by atoms with Gasteiger partial charge in [-0.3, -0.25) is 4.79 Å². The van der Waals surface area contributed by atoms with Crippen LogP contribution in [0.2, 0.25) is 0 Å². The number of rotatable bonds is 2. The largest absolute Gasteiger partial charge is 0.299 e. The summed E-state index contributed by atoms with van der Waals surface area (Å²) in [5, 5.41) is 0. The lowest BCUT2D eigenvalue weighted by molar-refractivity contribution is -0.121. The van der Waals surface area contributed by atoms with E-state index in [1.165, 1.54) is 5.56 Å². The van der Waals surface area contributed by atoms with E-state index in [-0.39, 0.29) is 5.41 Å². The highest BCUT2D eigenvalue weighted by atomic mass is 16.1. The molecule has 0 amide bonds. The Morgan fingerprint density at radius 3 is 2.46 bits per heavy atom. The summed E-state index contributed by atoms with van der Waals surface area (Å²) < 4.78 is 0. The van der Waals surface area contributed by atoms with Crippen LogP contribution >= 0.6 is 0 Å². The van der Waals surface area contributed by atoms with Gasteiger partial charge in [0.1, 0.15) is 5.78 Å².